The molecular formula is C23H23N5O3. The lowest BCUT2D eigenvalue weighted by Crippen LogP contribution is -2.39. The molecule has 0 aliphatic carbocycles. The molecule has 8 heteroatoms. The van der Waals surface area contributed by atoms with Crippen LogP contribution in [0.1, 0.15) is 31.5 Å². The lowest BCUT2D eigenvalue weighted by Gasteiger charge is -2.25. The van der Waals surface area contributed by atoms with Gasteiger partial charge in [0.2, 0.25) is 5.91 Å². The first-order valence-electron chi connectivity index (χ1n) is 10.6. The van der Waals surface area contributed by atoms with E-state index in [4.69, 9.17) is 4.74 Å². The molecule has 1 atom stereocenters. The summed E-state index contributed by atoms with van der Waals surface area (Å²) in [4.78, 5) is 24.7. The molecule has 3 aromatic rings. The highest BCUT2D eigenvalue weighted by atomic mass is 16.5. The van der Waals surface area contributed by atoms with E-state index in [9.17, 15) is 9.59 Å². The van der Waals surface area contributed by atoms with E-state index in [2.05, 4.69) is 25.4 Å². The molecule has 0 fully saturated rings. The molecule has 8 nitrogen and oxygen atoms in total. The van der Waals surface area contributed by atoms with Gasteiger partial charge in [-0.05, 0) is 49.2 Å². The van der Waals surface area contributed by atoms with Crippen LogP contribution in [0.5, 0.6) is 5.75 Å². The number of anilines is 2. The fourth-order valence-electron chi connectivity index (χ4n) is 4.01. The Balaban J connectivity index is 1.24. The van der Waals surface area contributed by atoms with Crippen molar-refractivity contribution in [3.8, 4) is 17.1 Å². The van der Waals surface area contributed by atoms with Gasteiger partial charge in [0, 0.05) is 24.2 Å². The number of rotatable bonds is 4. The van der Waals surface area contributed by atoms with Crippen molar-refractivity contribution in [2.45, 2.75) is 44.8 Å². The zero-order valence-corrected chi connectivity index (χ0v) is 17.0. The van der Waals surface area contributed by atoms with Crippen molar-refractivity contribution >= 4 is 23.2 Å². The highest BCUT2D eigenvalue weighted by Gasteiger charge is 2.29. The van der Waals surface area contributed by atoms with E-state index >= 15 is 0 Å². The van der Waals surface area contributed by atoms with Gasteiger partial charge in [0.1, 0.15) is 11.6 Å². The first kappa shape index (κ1) is 19.3. The fraction of sp³-hybridized carbons (Fsp3) is 0.304. The number of aromatic nitrogens is 3. The van der Waals surface area contributed by atoms with Crippen LogP contribution in [0.25, 0.3) is 11.4 Å². The Kier molecular flexibility index (Phi) is 5.11. The smallest absolute Gasteiger partial charge is 0.266 e. The van der Waals surface area contributed by atoms with Gasteiger partial charge in [-0.3, -0.25) is 9.59 Å². The topological polar surface area (TPSA) is 98.1 Å². The van der Waals surface area contributed by atoms with E-state index in [0.29, 0.717) is 17.1 Å². The molecule has 0 spiro atoms. The van der Waals surface area contributed by atoms with Gasteiger partial charge >= 0.3 is 0 Å². The molecule has 31 heavy (non-hydrogen) atoms. The minimum Gasteiger partial charge on any atom is -0.478 e. The van der Waals surface area contributed by atoms with Crippen LogP contribution < -0.4 is 15.4 Å². The number of aryl methyl sites for hydroxylation is 1. The molecule has 0 radical (unpaired) electrons. The summed E-state index contributed by atoms with van der Waals surface area (Å²) in [5.74, 6) is 1.86. The monoisotopic (exact) mass is 417 g/mol. The number of amides is 2. The minimum absolute atomic E-state index is 0.0698. The minimum atomic E-state index is -0.861. The first-order chi connectivity index (χ1) is 15.2. The van der Waals surface area contributed by atoms with E-state index in [-0.39, 0.29) is 18.2 Å². The van der Waals surface area contributed by atoms with E-state index in [1.807, 2.05) is 36.4 Å². The molecule has 2 aliphatic rings. The Hall–Kier alpha value is -3.68. The van der Waals surface area contributed by atoms with E-state index in [1.165, 1.54) is 6.42 Å². The van der Waals surface area contributed by atoms with Gasteiger partial charge in [0.15, 0.2) is 11.9 Å². The van der Waals surface area contributed by atoms with Crippen LogP contribution in [0, 0.1) is 0 Å². The number of nitrogens with one attached hydrogen (secondary N) is 2. The van der Waals surface area contributed by atoms with Crippen molar-refractivity contribution in [1.82, 2.24) is 14.8 Å². The number of carbonyl (C=O) groups excluding carboxylic acids is 2. The zero-order valence-electron chi connectivity index (χ0n) is 17.0. The molecule has 0 bridgehead atoms. The third kappa shape index (κ3) is 4.01. The van der Waals surface area contributed by atoms with Gasteiger partial charge in [0.25, 0.3) is 5.91 Å². The van der Waals surface area contributed by atoms with Crippen LogP contribution in [0.2, 0.25) is 0 Å². The van der Waals surface area contributed by atoms with Gasteiger partial charge in [-0.2, -0.15) is 0 Å². The van der Waals surface area contributed by atoms with Crippen molar-refractivity contribution in [1.29, 1.82) is 0 Å². The molecule has 1 unspecified atom stereocenters. The van der Waals surface area contributed by atoms with Gasteiger partial charge in [-0.1, -0.05) is 18.6 Å². The van der Waals surface area contributed by atoms with Gasteiger partial charge < -0.3 is 19.9 Å². The van der Waals surface area contributed by atoms with Crippen LogP contribution in [-0.4, -0.2) is 32.7 Å². The summed E-state index contributed by atoms with van der Waals surface area (Å²) in [5, 5.41) is 14.3. The number of benzene rings is 2. The number of para-hydroxylation sites is 2. The zero-order chi connectivity index (χ0) is 21.2. The van der Waals surface area contributed by atoms with Crippen molar-refractivity contribution in [2.24, 2.45) is 0 Å². The number of hydrogen-bond donors (Lipinski definition) is 2. The summed E-state index contributed by atoms with van der Waals surface area (Å²) in [6, 6.07) is 14.7. The molecule has 2 aromatic carbocycles. The maximum atomic E-state index is 12.5. The highest BCUT2D eigenvalue weighted by Crippen LogP contribution is 2.30. The second kappa shape index (κ2) is 8.22. The predicted molar refractivity (Wildman–Crippen MR) is 116 cm³/mol. The van der Waals surface area contributed by atoms with Crippen LogP contribution in [0.4, 0.5) is 11.4 Å². The normalized spacial score (nSPS) is 17.5. The van der Waals surface area contributed by atoms with Gasteiger partial charge in [-0.15, -0.1) is 10.2 Å². The molecule has 5 rings (SSSR count). The summed E-state index contributed by atoms with van der Waals surface area (Å²) in [7, 11) is 0. The van der Waals surface area contributed by atoms with Crippen LogP contribution in [-0.2, 0) is 22.6 Å². The number of hydrogen-bond acceptors (Lipinski definition) is 5. The fourth-order valence-corrected chi connectivity index (χ4v) is 4.01. The average molecular weight is 417 g/mol. The summed E-state index contributed by atoms with van der Waals surface area (Å²) in [6.07, 6.45) is 3.52. The van der Waals surface area contributed by atoms with E-state index in [0.717, 1.165) is 43.0 Å². The van der Waals surface area contributed by atoms with Crippen molar-refractivity contribution in [3.05, 3.63) is 54.4 Å². The molecule has 1 aromatic heterocycles. The number of ether oxygens (including phenoxy) is 1. The Labute approximate surface area is 179 Å². The molecule has 0 saturated heterocycles. The van der Waals surface area contributed by atoms with Gasteiger partial charge in [-0.25, -0.2) is 0 Å². The summed E-state index contributed by atoms with van der Waals surface area (Å²) < 4.78 is 7.88. The third-order valence-electron chi connectivity index (χ3n) is 5.61. The maximum Gasteiger partial charge on any atom is 0.266 e. The number of nitrogens with zero attached hydrogens (tertiary/aromatic N) is 3. The standard InChI is InChI=1S/C23H23N5O3/c29-21(14-19-23(30)25-17-6-3-4-7-18(17)31-19)24-16-11-9-15(10-12-16)22-27-26-20-8-2-1-5-13-28(20)22/h3-4,6-7,9-12,19H,1-2,5,8,13-14H2,(H,24,29)(H,25,30). The second-order valence-corrected chi connectivity index (χ2v) is 7.82. The summed E-state index contributed by atoms with van der Waals surface area (Å²) in [5.41, 5.74) is 2.23. The lowest BCUT2D eigenvalue weighted by molar-refractivity contribution is -0.128. The highest BCUT2D eigenvalue weighted by molar-refractivity contribution is 6.02. The Morgan fingerprint density at radius 1 is 1.10 bits per heavy atom. The quantitative estimate of drug-likeness (QED) is 0.678. The Morgan fingerprint density at radius 2 is 1.94 bits per heavy atom. The molecule has 3 heterocycles. The van der Waals surface area contributed by atoms with E-state index < -0.39 is 6.10 Å². The summed E-state index contributed by atoms with van der Waals surface area (Å²) >= 11 is 0. The largest absolute Gasteiger partial charge is 0.478 e. The van der Waals surface area contributed by atoms with Crippen LogP contribution in [0.15, 0.2) is 48.5 Å². The molecule has 2 N–H and O–H groups in total. The second-order valence-electron chi connectivity index (χ2n) is 7.82. The molecule has 158 valence electrons. The lowest BCUT2D eigenvalue weighted by atomic mass is 10.1. The first-order valence-corrected chi connectivity index (χ1v) is 10.6. The maximum absolute atomic E-state index is 12.5. The molecular weight excluding hydrogens is 394 g/mol. The molecule has 2 amide bonds. The van der Waals surface area contributed by atoms with Crippen LogP contribution in [0.3, 0.4) is 0 Å². The Bertz CT molecular complexity index is 1120. The predicted octanol–water partition coefficient (Wildman–Crippen LogP) is 3.40. The molecule has 0 saturated carbocycles. The van der Waals surface area contributed by atoms with Crippen molar-refractivity contribution in [3.63, 3.8) is 0 Å². The third-order valence-corrected chi connectivity index (χ3v) is 5.61. The number of fused-ring (bicyclic) bond motifs is 2. The van der Waals surface area contributed by atoms with Crippen LogP contribution >= 0.6 is 0 Å². The number of carbonyl (C=O) groups is 2. The van der Waals surface area contributed by atoms with Gasteiger partial charge in [0.05, 0.1) is 12.1 Å². The molecule has 2 aliphatic heterocycles. The average Bonchev–Trinajstić information content (AvgIpc) is 3.03. The van der Waals surface area contributed by atoms with E-state index in [1.54, 1.807) is 12.1 Å². The summed E-state index contributed by atoms with van der Waals surface area (Å²) in [6.45, 7) is 0.933. The van der Waals surface area contributed by atoms with Crippen molar-refractivity contribution in [2.75, 3.05) is 10.6 Å². The SMILES string of the molecule is O=C(CC1Oc2ccccc2NC1=O)Nc1ccc(-c2nnc3n2CCCCC3)cc1. The van der Waals surface area contributed by atoms with Crippen molar-refractivity contribution < 1.29 is 14.3 Å². The Morgan fingerprint density at radius 3 is 2.81 bits per heavy atom.